The van der Waals surface area contributed by atoms with E-state index < -0.39 is 11.9 Å². The Bertz CT molecular complexity index is 930. The van der Waals surface area contributed by atoms with Crippen LogP contribution >= 0.6 is 34.4 Å². The minimum atomic E-state index is -4.55. The Morgan fingerprint density at radius 1 is 1.32 bits per heavy atom. The molecule has 0 atom stereocenters. The monoisotopic (exact) mass is 479 g/mol. The van der Waals surface area contributed by atoms with Crippen molar-refractivity contribution in [2.24, 2.45) is 0 Å². The first kappa shape index (κ1) is 17.9. The number of hydrogen-bond donors (Lipinski definition) is 1. The van der Waals surface area contributed by atoms with Crippen LogP contribution < -0.4 is 5.32 Å². The molecule has 0 bridgehead atoms. The number of alkyl halides is 3. The molecule has 130 valence electrons. The fourth-order valence-corrected chi connectivity index (χ4v) is 3.03. The quantitative estimate of drug-likeness (QED) is 0.459. The van der Waals surface area contributed by atoms with Gasteiger partial charge in [0.05, 0.1) is 11.4 Å². The Morgan fingerprint density at radius 2 is 2.08 bits per heavy atom. The highest BCUT2D eigenvalue weighted by atomic mass is 127. The van der Waals surface area contributed by atoms with E-state index >= 15 is 0 Å². The number of anilines is 1. The highest BCUT2D eigenvalue weighted by Gasteiger charge is 2.33. The zero-order valence-electron chi connectivity index (χ0n) is 12.3. The number of halogens is 4. The molecule has 6 nitrogen and oxygen atoms in total. The highest BCUT2D eigenvalue weighted by molar-refractivity contribution is 14.1. The number of fused-ring (bicyclic) bond motifs is 1. The van der Waals surface area contributed by atoms with Gasteiger partial charge in [0.2, 0.25) is 11.1 Å². The smallest absolute Gasteiger partial charge is 0.324 e. The van der Waals surface area contributed by atoms with Crippen molar-refractivity contribution in [3.05, 3.63) is 45.9 Å². The topological polar surface area (TPSA) is 72.2 Å². The van der Waals surface area contributed by atoms with E-state index in [1.807, 2.05) is 12.1 Å². The van der Waals surface area contributed by atoms with Gasteiger partial charge in [-0.05, 0) is 34.7 Å². The Labute approximate surface area is 157 Å². The van der Waals surface area contributed by atoms with E-state index in [0.717, 1.165) is 32.2 Å². The Morgan fingerprint density at radius 3 is 2.80 bits per heavy atom. The molecule has 0 spiro atoms. The number of carbonyl (C=O) groups excluding carboxylic acids is 1. The number of amides is 1. The van der Waals surface area contributed by atoms with Crippen LogP contribution in [0.2, 0.25) is 0 Å². The molecule has 0 radical (unpaired) electrons. The maximum atomic E-state index is 12.6. The van der Waals surface area contributed by atoms with Gasteiger partial charge in [-0.25, -0.2) is 14.5 Å². The van der Waals surface area contributed by atoms with Crippen LogP contribution in [0.15, 0.2) is 41.8 Å². The average molecular weight is 479 g/mol. The van der Waals surface area contributed by atoms with Gasteiger partial charge in [0.1, 0.15) is 12.0 Å². The van der Waals surface area contributed by atoms with Crippen LogP contribution in [0.25, 0.3) is 5.65 Å². The lowest BCUT2D eigenvalue weighted by molar-refractivity contribution is -0.141. The van der Waals surface area contributed by atoms with Gasteiger partial charge >= 0.3 is 6.18 Å². The van der Waals surface area contributed by atoms with E-state index in [2.05, 4.69) is 43.0 Å². The highest BCUT2D eigenvalue weighted by Crippen LogP contribution is 2.28. The van der Waals surface area contributed by atoms with E-state index in [0.29, 0.717) is 5.69 Å². The van der Waals surface area contributed by atoms with Crippen molar-refractivity contribution in [2.75, 3.05) is 11.1 Å². The van der Waals surface area contributed by atoms with Crippen molar-refractivity contribution in [3.63, 3.8) is 0 Å². The number of nitrogens with one attached hydrogen (secondary N) is 1. The van der Waals surface area contributed by atoms with E-state index in [1.54, 1.807) is 12.1 Å². The molecule has 1 N–H and O–H groups in total. The molecule has 1 amide bonds. The molecular weight excluding hydrogens is 470 g/mol. The Hall–Kier alpha value is -1.89. The summed E-state index contributed by atoms with van der Waals surface area (Å²) in [4.78, 5) is 19.3. The minimum absolute atomic E-state index is 0.0165. The number of carbonyl (C=O) groups is 1. The molecule has 0 aliphatic rings. The normalized spacial score (nSPS) is 11.7. The van der Waals surface area contributed by atoms with E-state index in [9.17, 15) is 18.0 Å². The Kier molecular flexibility index (Phi) is 5.13. The summed E-state index contributed by atoms with van der Waals surface area (Å²) in [7, 11) is 0. The maximum absolute atomic E-state index is 12.6. The molecule has 0 saturated carbocycles. The third-order valence-electron chi connectivity index (χ3n) is 2.98. The molecule has 1 aromatic carbocycles. The van der Waals surface area contributed by atoms with Gasteiger partial charge < -0.3 is 5.32 Å². The number of rotatable bonds is 4. The van der Waals surface area contributed by atoms with Crippen LogP contribution in [0.1, 0.15) is 5.69 Å². The summed E-state index contributed by atoms with van der Waals surface area (Å²) in [6.45, 7) is 0. The second-order valence-corrected chi connectivity index (χ2v) is 6.89. The van der Waals surface area contributed by atoms with Crippen LogP contribution in [-0.2, 0) is 11.0 Å². The average Bonchev–Trinajstić information content (AvgIpc) is 2.96. The van der Waals surface area contributed by atoms with Gasteiger partial charge in [0, 0.05) is 9.64 Å². The van der Waals surface area contributed by atoms with Crippen molar-refractivity contribution in [2.45, 2.75) is 11.3 Å². The van der Waals surface area contributed by atoms with Gasteiger partial charge in [0.15, 0.2) is 5.65 Å². The van der Waals surface area contributed by atoms with Crippen LogP contribution in [0.5, 0.6) is 0 Å². The molecule has 0 aliphatic heterocycles. The van der Waals surface area contributed by atoms with Crippen LogP contribution in [-0.4, -0.2) is 31.2 Å². The van der Waals surface area contributed by atoms with Gasteiger partial charge in [-0.1, -0.05) is 23.9 Å². The SMILES string of the molecule is O=C(CSc1nc2cc(C(F)(F)F)ncn2n1)Nc1ccccc1I. The number of thioether (sulfide) groups is 1. The molecule has 0 saturated heterocycles. The minimum Gasteiger partial charge on any atom is -0.324 e. The standard InChI is InChI=1S/C14H9F3IN5OS/c15-14(16,17)10-5-11-21-13(22-23(11)7-19-10)25-6-12(24)20-9-4-2-1-3-8(9)18/h1-5,7H,6H2,(H,20,24). The largest absolute Gasteiger partial charge is 0.433 e. The lowest BCUT2D eigenvalue weighted by Crippen LogP contribution is -2.14. The number of benzene rings is 1. The third-order valence-corrected chi connectivity index (χ3v) is 4.76. The summed E-state index contributed by atoms with van der Waals surface area (Å²) in [6.07, 6.45) is -3.60. The summed E-state index contributed by atoms with van der Waals surface area (Å²) >= 11 is 3.13. The molecular formula is C14H9F3IN5OS. The van der Waals surface area contributed by atoms with Crippen molar-refractivity contribution < 1.29 is 18.0 Å². The lowest BCUT2D eigenvalue weighted by Gasteiger charge is -2.05. The van der Waals surface area contributed by atoms with Crippen LogP contribution in [0.3, 0.4) is 0 Å². The van der Waals surface area contributed by atoms with Crippen molar-refractivity contribution in [1.29, 1.82) is 0 Å². The molecule has 0 fully saturated rings. The number of nitrogens with zero attached hydrogens (tertiary/aromatic N) is 4. The molecule has 25 heavy (non-hydrogen) atoms. The summed E-state index contributed by atoms with van der Waals surface area (Å²) in [5.74, 6) is -0.233. The summed E-state index contributed by atoms with van der Waals surface area (Å²) < 4.78 is 39.9. The Balaban J connectivity index is 1.67. The fourth-order valence-electron chi connectivity index (χ4n) is 1.87. The molecule has 3 rings (SSSR count). The van der Waals surface area contributed by atoms with Crippen molar-refractivity contribution in [3.8, 4) is 0 Å². The van der Waals surface area contributed by atoms with Gasteiger partial charge in [-0.3, -0.25) is 4.79 Å². The number of hydrogen-bond acceptors (Lipinski definition) is 5. The first-order valence-corrected chi connectivity index (χ1v) is 8.86. The number of para-hydroxylation sites is 1. The molecule has 0 unspecified atom stereocenters. The second-order valence-electron chi connectivity index (χ2n) is 4.79. The molecule has 0 aliphatic carbocycles. The van der Waals surface area contributed by atoms with Crippen molar-refractivity contribution in [1.82, 2.24) is 19.6 Å². The maximum Gasteiger partial charge on any atom is 0.433 e. The van der Waals surface area contributed by atoms with E-state index in [4.69, 9.17) is 0 Å². The predicted octanol–water partition coefficient (Wildman–Crippen LogP) is 3.48. The number of aromatic nitrogens is 4. The summed E-state index contributed by atoms with van der Waals surface area (Å²) in [6, 6.07) is 8.11. The lowest BCUT2D eigenvalue weighted by atomic mass is 10.3. The zero-order valence-corrected chi connectivity index (χ0v) is 15.3. The second kappa shape index (κ2) is 7.15. The van der Waals surface area contributed by atoms with E-state index in [1.165, 1.54) is 0 Å². The molecule has 2 heterocycles. The zero-order chi connectivity index (χ0) is 18.0. The summed E-state index contributed by atoms with van der Waals surface area (Å²) in [5, 5.41) is 6.94. The summed E-state index contributed by atoms with van der Waals surface area (Å²) in [5.41, 5.74) is -0.334. The predicted molar refractivity (Wildman–Crippen MR) is 94.3 cm³/mol. The van der Waals surface area contributed by atoms with Crippen molar-refractivity contribution >= 4 is 51.6 Å². The van der Waals surface area contributed by atoms with Gasteiger partial charge in [0.25, 0.3) is 0 Å². The molecule has 11 heteroatoms. The van der Waals surface area contributed by atoms with Crippen LogP contribution in [0, 0.1) is 3.57 Å². The first-order valence-electron chi connectivity index (χ1n) is 6.80. The third kappa shape index (κ3) is 4.39. The molecule has 2 aromatic heterocycles. The van der Waals surface area contributed by atoms with Gasteiger partial charge in [-0.15, -0.1) is 5.10 Å². The van der Waals surface area contributed by atoms with Gasteiger partial charge in [-0.2, -0.15) is 13.2 Å². The fraction of sp³-hybridized carbons (Fsp3) is 0.143. The molecule has 3 aromatic rings. The van der Waals surface area contributed by atoms with E-state index in [-0.39, 0.29) is 22.5 Å². The van der Waals surface area contributed by atoms with Crippen LogP contribution in [0.4, 0.5) is 18.9 Å². The first-order chi connectivity index (χ1) is 11.8.